The van der Waals surface area contributed by atoms with E-state index in [4.69, 9.17) is 4.74 Å². The van der Waals surface area contributed by atoms with Gasteiger partial charge in [0.2, 0.25) is 0 Å². The normalized spacial score (nSPS) is 11.9. The Hall–Kier alpha value is -1.69. The second-order valence-corrected chi connectivity index (χ2v) is 3.49. The smallest absolute Gasteiger partial charge is 0.358 e. The molecule has 0 saturated carbocycles. The third kappa shape index (κ3) is 3.99. The predicted octanol–water partition coefficient (Wildman–Crippen LogP) is 1.10. The first kappa shape index (κ1) is 13.4. The molecule has 1 aromatic heterocycles. The third-order valence-corrected chi connectivity index (χ3v) is 2.24. The van der Waals surface area contributed by atoms with Crippen LogP contribution < -0.4 is 5.32 Å². The SMILES string of the molecule is CCC(COC)Nc1cncc(C(=O)OC)n1. The van der Waals surface area contributed by atoms with Crippen LogP contribution in [0.3, 0.4) is 0 Å². The van der Waals surface area contributed by atoms with Gasteiger partial charge in [-0.25, -0.2) is 9.78 Å². The maximum Gasteiger partial charge on any atom is 0.358 e. The lowest BCUT2D eigenvalue weighted by atomic mass is 10.2. The Balaban J connectivity index is 2.74. The van der Waals surface area contributed by atoms with Gasteiger partial charge in [-0.05, 0) is 6.42 Å². The van der Waals surface area contributed by atoms with Crippen LogP contribution >= 0.6 is 0 Å². The number of carbonyl (C=O) groups is 1. The van der Waals surface area contributed by atoms with Crippen LogP contribution in [0.4, 0.5) is 5.82 Å². The summed E-state index contributed by atoms with van der Waals surface area (Å²) in [4.78, 5) is 19.3. The van der Waals surface area contributed by atoms with E-state index in [9.17, 15) is 4.79 Å². The van der Waals surface area contributed by atoms with Gasteiger partial charge in [-0.3, -0.25) is 4.98 Å². The van der Waals surface area contributed by atoms with Crippen LogP contribution in [-0.4, -0.2) is 42.8 Å². The summed E-state index contributed by atoms with van der Waals surface area (Å²) in [5.41, 5.74) is 0.185. The summed E-state index contributed by atoms with van der Waals surface area (Å²) >= 11 is 0. The van der Waals surface area contributed by atoms with Crippen molar-refractivity contribution in [3.8, 4) is 0 Å². The monoisotopic (exact) mass is 239 g/mol. The van der Waals surface area contributed by atoms with Crippen LogP contribution in [0.25, 0.3) is 0 Å². The van der Waals surface area contributed by atoms with Gasteiger partial charge in [-0.1, -0.05) is 6.92 Å². The summed E-state index contributed by atoms with van der Waals surface area (Å²) in [6.45, 7) is 2.61. The quantitative estimate of drug-likeness (QED) is 0.749. The number of aromatic nitrogens is 2. The minimum absolute atomic E-state index is 0.141. The molecule has 94 valence electrons. The molecular formula is C11H17N3O3. The lowest BCUT2D eigenvalue weighted by molar-refractivity contribution is 0.0593. The summed E-state index contributed by atoms with van der Waals surface area (Å²) in [5.74, 6) is 0.0396. The number of methoxy groups -OCH3 is 2. The molecule has 0 amide bonds. The number of anilines is 1. The molecule has 0 saturated heterocycles. The second kappa shape index (κ2) is 6.80. The van der Waals surface area contributed by atoms with Crippen LogP contribution in [0.5, 0.6) is 0 Å². The number of ether oxygens (including phenoxy) is 2. The van der Waals surface area contributed by atoms with Gasteiger partial charge in [0.05, 0.1) is 32.2 Å². The Morgan fingerprint density at radius 1 is 1.47 bits per heavy atom. The molecule has 1 unspecified atom stereocenters. The van der Waals surface area contributed by atoms with E-state index < -0.39 is 5.97 Å². The van der Waals surface area contributed by atoms with Gasteiger partial charge in [0.25, 0.3) is 0 Å². The summed E-state index contributed by atoms with van der Waals surface area (Å²) in [6, 6.07) is 0.141. The molecule has 1 atom stereocenters. The number of esters is 1. The zero-order valence-electron chi connectivity index (χ0n) is 10.3. The van der Waals surface area contributed by atoms with Crippen LogP contribution in [0.1, 0.15) is 23.8 Å². The van der Waals surface area contributed by atoms with Gasteiger partial charge in [0.15, 0.2) is 5.69 Å². The third-order valence-electron chi connectivity index (χ3n) is 2.24. The number of rotatable bonds is 6. The largest absolute Gasteiger partial charge is 0.464 e. The summed E-state index contributed by atoms with van der Waals surface area (Å²) in [6.07, 6.45) is 3.82. The van der Waals surface area contributed by atoms with Crippen LogP contribution in [0, 0.1) is 0 Å². The van der Waals surface area contributed by atoms with E-state index in [1.807, 2.05) is 6.92 Å². The van der Waals surface area contributed by atoms with E-state index in [-0.39, 0.29) is 11.7 Å². The van der Waals surface area contributed by atoms with Gasteiger partial charge in [-0.2, -0.15) is 0 Å². The zero-order valence-corrected chi connectivity index (χ0v) is 10.3. The lowest BCUT2D eigenvalue weighted by Crippen LogP contribution is -2.25. The van der Waals surface area contributed by atoms with Crippen molar-refractivity contribution in [2.45, 2.75) is 19.4 Å². The first-order valence-corrected chi connectivity index (χ1v) is 5.37. The fraction of sp³-hybridized carbons (Fsp3) is 0.545. The lowest BCUT2D eigenvalue weighted by Gasteiger charge is -2.16. The molecule has 1 rings (SSSR count). The Labute approximate surface area is 100 Å². The number of hydrogen-bond acceptors (Lipinski definition) is 6. The predicted molar refractivity (Wildman–Crippen MR) is 62.9 cm³/mol. The van der Waals surface area contributed by atoms with E-state index in [0.717, 1.165) is 6.42 Å². The molecule has 17 heavy (non-hydrogen) atoms. The van der Waals surface area contributed by atoms with Crippen LogP contribution in [0.2, 0.25) is 0 Å². The molecule has 1 aromatic rings. The number of nitrogens with one attached hydrogen (secondary N) is 1. The van der Waals surface area contributed by atoms with Crippen molar-refractivity contribution in [1.29, 1.82) is 0 Å². The first-order valence-electron chi connectivity index (χ1n) is 5.37. The van der Waals surface area contributed by atoms with Crippen molar-refractivity contribution in [2.24, 2.45) is 0 Å². The fourth-order valence-corrected chi connectivity index (χ4v) is 1.31. The maximum atomic E-state index is 11.3. The molecule has 0 aromatic carbocycles. The summed E-state index contributed by atoms with van der Waals surface area (Å²) < 4.78 is 9.64. The molecule has 1 heterocycles. The minimum Gasteiger partial charge on any atom is -0.464 e. The van der Waals surface area contributed by atoms with E-state index in [1.54, 1.807) is 13.3 Å². The molecule has 0 spiro atoms. The Morgan fingerprint density at radius 2 is 2.24 bits per heavy atom. The standard InChI is InChI=1S/C11H17N3O3/c1-4-8(7-16-2)13-10-6-12-5-9(14-10)11(15)17-3/h5-6,8H,4,7H2,1-3H3,(H,13,14). The van der Waals surface area contributed by atoms with Gasteiger partial charge >= 0.3 is 5.97 Å². The average molecular weight is 239 g/mol. The zero-order chi connectivity index (χ0) is 12.7. The molecule has 0 aliphatic rings. The molecular weight excluding hydrogens is 222 g/mol. The topological polar surface area (TPSA) is 73.3 Å². The molecule has 0 fully saturated rings. The van der Waals surface area contributed by atoms with E-state index >= 15 is 0 Å². The molecule has 1 N–H and O–H groups in total. The summed E-state index contributed by atoms with van der Waals surface area (Å²) in [5, 5.41) is 3.14. The molecule has 0 bridgehead atoms. The maximum absolute atomic E-state index is 11.3. The van der Waals surface area contributed by atoms with Crippen LogP contribution in [-0.2, 0) is 9.47 Å². The highest BCUT2D eigenvalue weighted by Crippen LogP contribution is 2.07. The highest BCUT2D eigenvalue weighted by molar-refractivity contribution is 5.87. The van der Waals surface area contributed by atoms with Crippen molar-refractivity contribution in [3.63, 3.8) is 0 Å². The number of carbonyl (C=O) groups excluding carboxylic acids is 1. The molecule has 0 radical (unpaired) electrons. The van der Waals surface area contributed by atoms with E-state index in [0.29, 0.717) is 12.4 Å². The van der Waals surface area contributed by atoms with E-state index in [2.05, 4.69) is 20.0 Å². The molecule has 0 aliphatic heterocycles. The van der Waals surface area contributed by atoms with Crippen molar-refractivity contribution < 1.29 is 14.3 Å². The highest BCUT2D eigenvalue weighted by atomic mass is 16.5. The van der Waals surface area contributed by atoms with Gasteiger partial charge in [-0.15, -0.1) is 0 Å². The minimum atomic E-state index is -0.499. The highest BCUT2D eigenvalue weighted by Gasteiger charge is 2.11. The van der Waals surface area contributed by atoms with Crippen molar-refractivity contribution in [2.75, 3.05) is 26.1 Å². The van der Waals surface area contributed by atoms with Crippen molar-refractivity contribution in [3.05, 3.63) is 18.1 Å². The van der Waals surface area contributed by atoms with Crippen LogP contribution in [0.15, 0.2) is 12.4 Å². The van der Waals surface area contributed by atoms with Crippen molar-refractivity contribution >= 4 is 11.8 Å². The first-order chi connectivity index (χ1) is 8.21. The Morgan fingerprint density at radius 3 is 2.82 bits per heavy atom. The summed E-state index contributed by atoms with van der Waals surface area (Å²) in [7, 11) is 2.95. The fourth-order valence-electron chi connectivity index (χ4n) is 1.31. The van der Waals surface area contributed by atoms with Gasteiger partial charge < -0.3 is 14.8 Å². The molecule has 6 heteroatoms. The van der Waals surface area contributed by atoms with Gasteiger partial charge in [0, 0.05) is 7.11 Å². The van der Waals surface area contributed by atoms with Gasteiger partial charge in [0.1, 0.15) is 5.82 Å². The average Bonchev–Trinajstić information content (AvgIpc) is 2.37. The second-order valence-electron chi connectivity index (χ2n) is 3.49. The number of hydrogen-bond donors (Lipinski definition) is 1. The number of nitrogens with zero attached hydrogens (tertiary/aromatic N) is 2. The Bertz CT molecular complexity index is 371. The molecule has 6 nitrogen and oxygen atoms in total. The molecule has 0 aliphatic carbocycles. The van der Waals surface area contributed by atoms with E-state index in [1.165, 1.54) is 13.3 Å². The van der Waals surface area contributed by atoms with Crippen molar-refractivity contribution in [1.82, 2.24) is 9.97 Å². The Kier molecular flexibility index (Phi) is 5.35.